The summed E-state index contributed by atoms with van der Waals surface area (Å²) in [5, 5.41) is 10.4. The van der Waals surface area contributed by atoms with Crippen LogP contribution in [0.15, 0.2) is 54.7 Å². The third-order valence-corrected chi connectivity index (χ3v) is 6.83. The van der Waals surface area contributed by atoms with Crippen LogP contribution >= 0.6 is 11.6 Å². The van der Waals surface area contributed by atoms with Gasteiger partial charge in [0.05, 0.1) is 22.4 Å². The van der Waals surface area contributed by atoms with Gasteiger partial charge < -0.3 is 25.7 Å². The number of hydrogen-bond donors (Lipinski definition) is 4. The van der Waals surface area contributed by atoms with Gasteiger partial charge in [-0.05, 0) is 56.1 Å². The van der Waals surface area contributed by atoms with Gasteiger partial charge in [0, 0.05) is 19.2 Å². The largest absolute Gasteiger partial charge is 0.484 e. The third kappa shape index (κ3) is 5.15. The molecule has 5 rings (SSSR count). The van der Waals surface area contributed by atoms with Crippen molar-refractivity contribution < 1.29 is 9.53 Å². The van der Waals surface area contributed by atoms with Crippen molar-refractivity contribution in [1.82, 2.24) is 25.6 Å². The number of hydrogen-bond acceptors (Lipinski definition) is 6. The lowest BCUT2D eigenvalue weighted by Gasteiger charge is -2.31. The minimum atomic E-state index is -0.183. The number of imidazole rings is 1. The Hall–Kier alpha value is -3.62. The second-order valence-electron chi connectivity index (χ2n) is 9.25. The molecule has 4 aromatic rings. The Morgan fingerprint density at radius 2 is 1.94 bits per heavy atom. The first-order valence-corrected chi connectivity index (χ1v) is 12.3. The highest BCUT2D eigenvalue weighted by atomic mass is 35.5. The zero-order chi connectivity index (χ0) is 25.1. The van der Waals surface area contributed by atoms with Gasteiger partial charge in [0.15, 0.2) is 12.3 Å². The normalized spacial score (nSPS) is 17.3. The number of nitrogens with zero attached hydrogens (tertiary/aromatic N) is 2. The maximum Gasteiger partial charge on any atom is 0.257 e. The number of rotatable bonds is 8. The number of likely N-dealkylation sites (N-methyl/N-ethyl adjacent to an activating group) is 1. The van der Waals surface area contributed by atoms with E-state index in [0.717, 1.165) is 42.7 Å². The lowest BCUT2D eigenvalue weighted by Crippen LogP contribution is -2.43. The van der Waals surface area contributed by atoms with Gasteiger partial charge in [-0.25, -0.2) is 9.97 Å². The molecule has 186 valence electrons. The maximum atomic E-state index is 11.4. The molecule has 0 bridgehead atoms. The highest BCUT2D eigenvalue weighted by Gasteiger charge is 2.35. The molecule has 2 aromatic heterocycles. The third-order valence-electron chi connectivity index (χ3n) is 6.55. The van der Waals surface area contributed by atoms with Crippen molar-refractivity contribution in [2.75, 3.05) is 32.1 Å². The number of aromatic nitrogens is 3. The van der Waals surface area contributed by atoms with Crippen LogP contribution in [0.1, 0.15) is 17.5 Å². The summed E-state index contributed by atoms with van der Waals surface area (Å²) in [5.41, 5.74) is 5.40. The van der Waals surface area contributed by atoms with Crippen molar-refractivity contribution >= 4 is 34.4 Å². The second kappa shape index (κ2) is 10.2. The molecule has 0 radical (unpaired) electrons. The number of nitrogens with one attached hydrogen (secondary N) is 4. The molecule has 1 saturated heterocycles. The number of carbonyl (C=O) groups is 1. The summed E-state index contributed by atoms with van der Waals surface area (Å²) >= 11 is 6.67. The summed E-state index contributed by atoms with van der Waals surface area (Å²) in [6.45, 7) is 3.84. The lowest BCUT2D eigenvalue weighted by molar-refractivity contribution is -0.122. The van der Waals surface area contributed by atoms with Crippen LogP contribution in [0.4, 0.5) is 5.69 Å². The van der Waals surface area contributed by atoms with Gasteiger partial charge in [0.2, 0.25) is 0 Å². The Kier molecular flexibility index (Phi) is 6.80. The van der Waals surface area contributed by atoms with Crippen LogP contribution in [0.25, 0.3) is 22.6 Å². The molecule has 2 aromatic carbocycles. The van der Waals surface area contributed by atoms with Crippen LogP contribution in [0.2, 0.25) is 5.02 Å². The van der Waals surface area contributed by atoms with Crippen LogP contribution in [-0.4, -0.2) is 53.1 Å². The summed E-state index contributed by atoms with van der Waals surface area (Å²) in [6.07, 6.45) is 3.49. The van der Waals surface area contributed by atoms with Crippen molar-refractivity contribution in [3.8, 4) is 17.1 Å². The molecule has 0 unspecified atom stereocenters. The summed E-state index contributed by atoms with van der Waals surface area (Å²) < 4.78 is 5.50. The monoisotopic (exact) mass is 504 g/mol. The topological polar surface area (TPSA) is 104 Å². The standard InChI is InChI=1S/C27H29ClN6O2/c1-17-3-5-18(6-4-17)13-27(11-12-30-16-27)34-23-21(28)14-31-26-24(23)32-25(33-26)19-7-9-20(10-8-19)36-15-22(35)29-2/h3-10,14,30H,11-13,15-16H2,1-2H3,(H,29,35)(H2,31,32,33,34)/t27-/m1/s1. The number of H-pyrrole nitrogens is 1. The molecule has 1 aliphatic rings. The zero-order valence-corrected chi connectivity index (χ0v) is 21.1. The first kappa shape index (κ1) is 24.1. The Bertz CT molecular complexity index is 1360. The molecule has 4 N–H and O–H groups in total. The van der Waals surface area contributed by atoms with E-state index in [-0.39, 0.29) is 18.1 Å². The smallest absolute Gasteiger partial charge is 0.257 e. The van der Waals surface area contributed by atoms with E-state index in [9.17, 15) is 4.79 Å². The number of aromatic amines is 1. The van der Waals surface area contributed by atoms with Gasteiger partial charge >= 0.3 is 0 Å². The fourth-order valence-electron chi connectivity index (χ4n) is 4.53. The number of ether oxygens (including phenoxy) is 1. The molecule has 1 amide bonds. The van der Waals surface area contributed by atoms with Crippen LogP contribution in [0, 0.1) is 6.92 Å². The van der Waals surface area contributed by atoms with Crippen LogP contribution in [0.3, 0.4) is 0 Å². The van der Waals surface area contributed by atoms with Gasteiger partial charge in [0.1, 0.15) is 17.1 Å². The van der Waals surface area contributed by atoms with E-state index in [4.69, 9.17) is 21.3 Å². The number of halogens is 1. The van der Waals surface area contributed by atoms with E-state index >= 15 is 0 Å². The Balaban J connectivity index is 1.42. The van der Waals surface area contributed by atoms with Gasteiger partial charge in [-0.3, -0.25) is 4.79 Å². The van der Waals surface area contributed by atoms with E-state index in [1.165, 1.54) is 11.1 Å². The van der Waals surface area contributed by atoms with E-state index in [1.54, 1.807) is 13.2 Å². The Morgan fingerprint density at radius 1 is 1.17 bits per heavy atom. The molecule has 1 aliphatic heterocycles. The first-order valence-electron chi connectivity index (χ1n) is 12.0. The molecule has 0 aliphatic carbocycles. The molecule has 36 heavy (non-hydrogen) atoms. The summed E-state index contributed by atoms with van der Waals surface area (Å²) in [4.78, 5) is 24.0. The number of amides is 1. The number of anilines is 1. The van der Waals surface area contributed by atoms with E-state index in [0.29, 0.717) is 22.2 Å². The average molecular weight is 505 g/mol. The molecule has 0 spiro atoms. The second-order valence-corrected chi connectivity index (χ2v) is 9.65. The highest BCUT2D eigenvalue weighted by Crippen LogP contribution is 2.35. The van der Waals surface area contributed by atoms with Crippen molar-refractivity contribution in [1.29, 1.82) is 0 Å². The van der Waals surface area contributed by atoms with Crippen LogP contribution < -0.4 is 20.7 Å². The van der Waals surface area contributed by atoms with E-state index in [1.807, 2.05) is 24.3 Å². The molecule has 8 nitrogen and oxygen atoms in total. The number of fused-ring (bicyclic) bond motifs is 1. The van der Waals surface area contributed by atoms with Crippen LogP contribution in [-0.2, 0) is 11.2 Å². The van der Waals surface area contributed by atoms with E-state index in [2.05, 4.69) is 57.1 Å². The number of aryl methyl sites for hydroxylation is 1. The van der Waals surface area contributed by atoms with Crippen molar-refractivity contribution in [2.24, 2.45) is 0 Å². The zero-order valence-electron chi connectivity index (χ0n) is 20.3. The van der Waals surface area contributed by atoms with Gasteiger partial charge in [0.25, 0.3) is 5.91 Å². The minimum absolute atomic E-state index is 0.0306. The van der Waals surface area contributed by atoms with Gasteiger partial charge in [-0.1, -0.05) is 41.4 Å². The predicted octanol–water partition coefficient (Wildman–Crippen LogP) is 4.10. The number of pyridine rings is 1. The molecule has 1 fully saturated rings. The predicted molar refractivity (Wildman–Crippen MR) is 143 cm³/mol. The molecule has 0 saturated carbocycles. The van der Waals surface area contributed by atoms with Gasteiger partial charge in [-0.2, -0.15) is 0 Å². The van der Waals surface area contributed by atoms with Crippen molar-refractivity contribution in [3.05, 3.63) is 70.9 Å². The molecule has 1 atom stereocenters. The number of benzene rings is 2. The molecule has 9 heteroatoms. The lowest BCUT2D eigenvalue weighted by atomic mass is 9.89. The Morgan fingerprint density at radius 3 is 2.64 bits per heavy atom. The minimum Gasteiger partial charge on any atom is -0.484 e. The maximum absolute atomic E-state index is 11.4. The van der Waals surface area contributed by atoms with Crippen molar-refractivity contribution in [2.45, 2.75) is 25.3 Å². The SMILES string of the molecule is CNC(=O)COc1ccc(-c2nc3ncc(Cl)c(N[C@@]4(Cc5ccc(C)cc5)CCNC4)c3[nH]2)cc1. The summed E-state index contributed by atoms with van der Waals surface area (Å²) in [6, 6.07) is 16.1. The van der Waals surface area contributed by atoms with Crippen molar-refractivity contribution in [3.63, 3.8) is 0 Å². The summed E-state index contributed by atoms with van der Waals surface area (Å²) in [5.74, 6) is 1.10. The van der Waals surface area contributed by atoms with Gasteiger partial charge in [-0.15, -0.1) is 0 Å². The molecular weight excluding hydrogens is 476 g/mol. The Labute approximate surface area is 214 Å². The first-order chi connectivity index (χ1) is 17.4. The highest BCUT2D eigenvalue weighted by molar-refractivity contribution is 6.34. The summed E-state index contributed by atoms with van der Waals surface area (Å²) in [7, 11) is 1.58. The molecule has 3 heterocycles. The fourth-order valence-corrected chi connectivity index (χ4v) is 4.72. The van der Waals surface area contributed by atoms with E-state index < -0.39 is 0 Å². The number of carbonyl (C=O) groups excluding carboxylic acids is 1. The average Bonchev–Trinajstić information content (AvgIpc) is 3.54. The quantitative estimate of drug-likeness (QED) is 0.288. The van der Waals surface area contributed by atoms with Crippen LogP contribution in [0.5, 0.6) is 5.75 Å². The fraction of sp³-hybridized carbons (Fsp3) is 0.296. The molecular formula is C27H29ClN6O2.